The number of thiophene rings is 1. The zero-order valence-corrected chi connectivity index (χ0v) is 9.15. The van der Waals surface area contributed by atoms with E-state index in [0.717, 1.165) is 21.5 Å². The number of nitrogens with zero attached hydrogens (tertiary/aromatic N) is 1. The monoisotopic (exact) mass is 228 g/mol. The molecule has 2 aromatic heterocycles. The number of aryl methyl sites for hydroxylation is 1. The quantitative estimate of drug-likeness (QED) is 0.876. The molecule has 0 aromatic carbocycles. The van der Waals surface area contributed by atoms with Crippen molar-refractivity contribution in [3.8, 4) is 0 Å². The largest absolute Gasteiger partial charge is 0.362 e. The molecule has 1 N–H and O–H groups in total. The fraction of sp³-hybridized carbons (Fsp3) is 0.222. The van der Waals surface area contributed by atoms with Gasteiger partial charge < -0.3 is 9.84 Å². The Labute approximate surface area is 90.7 Å². The molecule has 0 aliphatic rings. The molecule has 74 valence electrons. The van der Waals surface area contributed by atoms with Crippen molar-refractivity contribution in [2.75, 3.05) is 5.32 Å². The molecule has 2 aromatic rings. The van der Waals surface area contributed by atoms with Crippen LogP contribution >= 0.6 is 22.9 Å². The Morgan fingerprint density at radius 1 is 1.64 bits per heavy atom. The minimum Gasteiger partial charge on any atom is -0.362 e. The third-order valence-electron chi connectivity index (χ3n) is 1.75. The van der Waals surface area contributed by atoms with Gasteiger partial charge in [0.1, 0.15) is 5.76 Å². The topological polar surface area (TPSA) is 38.1 Å². The molecule has 0 radical (unpaired) electrons. The molecule has 0 spiro atoms. The fourth-order valence-electron chi connectivity index (χ4n) is 1.07. The van der Waals surface area contributed by atoms with Gasteiger partial charge in [-0.05, 0) is 18.4 Å². The maximum Gasteiger partial charge on any atom is 0.169 e. The number of anilines is 1. The van der Waals surface area contributed by atoms with Crippen LogP contribution in [0.1, 0.15) is 10.6 Å². The summed E-state index contributed by atoms with van der Waals surface area (Å²) in [5, 5.41) is 9.71. The highest BCUT2D eigenvalue weighted by Crippen LogP contribution is 2.22. The molecule has 0 amide bonds. The molecule has 0 fully saturated rings. The van der Waals surface area contributed by atoms with Crippen molar-refractivity contribution in [1.82, 2.24) is 5.16 Å². The summed E-state index contributed by atoms with van der Waals surface area (Å²) in [6, 6.07) is 3.73. The molecule has 0 bridgehead atoms. The standard InChI is InChI=1S/C9H9ClN2OS/c1-6-4-9(12-13-6)11-5-8-7(10)2-3-14-8/h2-4H,5H2,1H3,(H,11,12). The summed E-state index contributed by atoms with van der Waals surface area (Å²) in [5.74, 6) is 1.54. The molecule has 0 unspecified atom stereocenters. The zero-order valence-electron chi connectivity index (χ0n) is 7.58. The second-order valence-electron chi connectivity index (χ2n) is 2.87. The van der Waals surface area contributed by atoms with Gasteiger partial charge in [-0.3, -0.25) is 0 Å². The van der Waals surface area contributed by atoms with Crippen molar-refractivity contribution in [2.24, 2.45) is 0 Å². The predicted octanol–water partition coefficient (Wildman–Crippen LogP) is 3.31. The van der Waals surface area contributed by atoms with Crippen LogP contribution in [0.4, 0.5) is 5.82 Å². The highest BCUT2D eigenvalue weighted by molar-refractivity contribution is 7.10. The number of aromatic nitrogens is 1. The first-order chi connectivity index (χ1) is 6.75. The van der Waals surface area contributed by atoms with Crippen LogP contribution in [0.15, 0.2) is 22.0 Å². The van der Waals surface area contributed by atoms with Crippen LogP contribution in [0.3, 0.4) is 0 Å². The van der Waals surface area contributed by atoms with E-state index in [1.165, 1.54) is 0 Å². The Morgan fingerprint density at radius 3 is 3.07 bits per heavy atom. The Bertz CT molecular complexity index is 424. The lowest BCUT2D eigenvalue weighted by Crippen LogP contribution is -1.97. The lowest BCUT2D eigenvalue weighted by atomic mass is 10.4. The van der Waals surface area contributed by atoms with E-state index < -0.39 is 0 Å². The number of nitrogens with one attached hydrogen (secondary N) is 1. The Balaban J connectivity index is 1.98. The first kappa shape index (κ1) is 9.55. The second kappa shape index (κ2) is 4.02. The maximum absolute atomic E-state index is 5.94. The first-order valence-corrected chi connectivity index (χ1v) is 5.40. The molecule has 0 aliphatic carbocycles. The van der Waals surface area contributed by atoms with Crippen molar-refractivity contribution in [3.05, 3.63) is 33.2 Å². The van der Waals surface area contributed by atoms with Gasteiger partial charge in [0, 0.05) is 10.9 Å². The van der Waals surface area contributed by atoms with Crippen LogP contribution < -0.4 is 5.32 Å². The van der Waals surface area contributed by atoms with Gasteiger partial charge in [-0.25, -0.2) is 0 Å². The summed E-state index contributed by atoms with van der Waals surface area (Å²) < 4.78 is 4.92. The minimum atomic E-state index is 0.683. The van der Waals surface area contributed by atoms with Crippen molar-refractivity contribution in [3.63, 3.8) is 0 Å². The summed E-state index contributed by atoms with van der Waals surface area (Å²) in [4.78, 5) is 1.10. The van der Waals surface area contributed by atoms with E-state index in [4.69, 9.17) is 16.1 Å². The molecule has 14 heavy (non-hydrogen) atoms. The average Bonchev–Trinajstić information content (AvgIpc) is 2.72. The van der Waals surface area contributed by atoms with Crippen molar-refractivity contribution in [1.29, 1.82) is 0 Å². The average molecular weight is 229 g/mol. The Kier molecular flexibility index (Phi) is 2.74. The zero-order chi connectivity index (χ0) is 9.97. The van der Waals surface area contributed by atoms with E-state index in [2.05, 4.69) is 10.5 Å². The van der Waals surface area contributed by atoms with Gasteiger partial charge in [-0.2, -0.15) is 0 Å². The van der Waals surface area contributed by atoms with E-state index in [-0.39, 0.29) is 0 Å². The van der Waals surface area contributed by atoms with Crippen molar-refractivity contribution >= 4 is 28.8 Å². The number of halogens is 1. The van der Waals surface area contributed by atoms with Crippen molar-refractivity contribution in [2.45, 2.75) is 13.5 Å². The van der Waals surface area contributed by atoms with Gasteiger partial charge in [-0.15, -0.1) is 11.3 Å². The lowest BCUT2D eigenvalue weighted by Gasteiger charge is -1.99. The molecule has 5 heteroatoms. The summed E-state index contributed by atoms with van der Waals surface area (Å²) in [5.41, 5.74) is 0. The second-order valence-corrected chi connectivity index (χ2v) is 4.28. The molecular weight excluding hydrogens is 220 g/mol. The van der Waals surface area contributed by atoms with Crippen LogP contribution in [0, 0.1) is 6.92 Å². The van der Waals surface area contributed by atoms with Gasteiger partial charge in [0.15, 0.2) is 5.82 Å². The molecule has 0 saturated carbocycles. The van der Waals surface area contributed by atoms with Crippen LogP contribution in [-0.2, 0) is 6.54 Å². The van der Waals surface area contributed by atoms with Gasteiger partial charge in [0.2, 0.25) is 0 Å². The van der Waals surface area contributed by atoms with Crippen molar-refractivity contribution < 1.29 is 4.52 Å². The summed E-state index contributed by atoms with van der Waals surface area (Å²) in [6.45, 7) is 2.54. The number of hydrogen-bond donors (Lipinski definition) is 1. The van der Waals surface area contributed by atoms with E-state index in [0.29, 0.717) is 6.54 Å². The summed E-state index contributed by atoms with van der Waals surface area (Å²) in [7, 11) is 0. The van der Waals surface area contributed by atoms with Crippen LogP contribution in [0.5, 0.6) is 0 Å². The van der Waals surface area contributed by atoms with Gasteiger partial charge >= 0.3 is 0 Å². The lowest BCUT2D eigenvalue weighted by molar-refractivity contribution is 0.399. The molecule has 2 rings (SSSR count). The third kappa shape index (κ3) is 2.08. The third-order valence-corrected chi connectivity index (χ3v) is 3.14. The highest BCUT2D eigenvalue weighted by Gasteiger charge is 2.03. The number of rotatable bonds is 3. The van der Waals surface area contributed by atoms with Gasteiger partial charge in [-0.1, -0.05) is 16.8 Å². The smallest absolute Gasteiger partial charge is 0.169 e. The van der Waals surface area contributed by atoms with Crippen LogP contribution in [-0.4, -0.2) is 5.16 Å². The summed E-state index contributed by atoms with van der Waals surface area (Å²) in [6.07, 6.45) is 0. The summed E-state index contributed by atoms with van der Waals surface area (Å²) >= 11 is 7.56. The van der Waals surface area contributed by atoms with Crippen LogP contribution in [0.2, 0.25) is 5.02 Å². The Hall–Kier alpha value is -1.00. The predicted molar refractivity (Wildman–Crippen MR) is 57.9 cm³/mol. The molecule has 0 aliphatic heterocycles. The highest BCUT2D eigenvalue weighted by atomic mass is 35.5. The molecule has 2 heterocycles. The fourth-order valence-corrected chi connectivity index (χ4v) is 2.11. The van der Waals surface area contributed by atoms with E-state index in [1.54, 1.807) is 11.3 Å². The Morgan fingerprint density at radius 2 is 2.50 bits per heavy atom. The van der Waals surface area contributed by atoms with Crippen LogP contribution in [0.25, 0.3) is 0 Å². The normalized spacial score (nSPS) is 10.4. The number of hydrogen-bond acceptors (Lipinski definition) is 4. The van der Waals surface area contributed by atoms with E-state index >= 15 is 0 Å². The molecule has 0 saturated heterocycles. The van der Waals surface area contributed by atoms with Gasteiger partial charge in [0.25, 0.3) is 0 Å². The van der Waals surface area contributed by atoms with E-state index in [9.17, 15) is 0 Å². The maximum atomic E-state index is 5.94. The van der Waals surface area contributed by atoms with Gasteiger partial charge in [0.05, 0.1) is 11.6 Å². The minimum absolute atomic E-state index is 0.683. The molecule has 3 nitrogen and oxygen atoms in total. The molecule has 0 atom stereocenters. The SMILES string of the molecule is Cc1cc(NCc2sccc2Cl)no1. The first-order valence-electron chi connectivity index (χ1n) is 4.15. The molecular formula is C9H9ClN2OS. The van der Waals surface area contributed by atoms with E-state index in [1.807, 2.05) is 24.4 Å².